The third kappa shape index (κ3) is 45.7. The van der Waals surface area contributed by atoms with E-state index in [1.807, 2.05) is 0 Å². The van der Waals surface area contributed by atoms with Crippen molar-refractivity contribution < 1.29 is 59.0 Å². The van der Waals surface area contributed by atoms with Crippen LogP contribution in [-0.4, -0.2) is 62.8 Å². The zero-order valence-electron chi connectivity index (χ0n) is 75.6. The first-order valence-corrected chi connectivity index (χ1v) is 48.7. The van der Waals surface area contributed by atoms with Crippen molar-refractivity contribution in [3.63, 3.8) is 0 Å². The van der Waals surface area contributed by atoms with Crippen molar-refractivity contribution in [2.45, 2.75) is 466 Å². The average Bonchev–Trinajstić information content (AvgIpc) is 1.61. The van der Waals surface area contributed by atoms with E-state index in [9.17, 15) is 0 Å². The number of fused-ring (bicyclic) bond motifs is 8. The maximum Gasteiger partial charge on any atom is 0.189 e. The maximum atomic E-state index is 7.23. The van der Waals surface area contributed by atoms with Crippen LogP contribution >= 0.6 is 0 Å². The van der Waals surface area contributed by atoms with Gasteiger partial charge in [-0.15, -0.1) is 0 Å². The third-order valence-corrected chi connectivity index (χ3v) is 22.7. The molecule has 0 N–H and O–H groups in total. The molecule has 3 aromatic heterocycles. The Morgan fingerprint density at radius 2 is 0.307 bits per heavy atom. The summed E-state index contributed by atoms with van der Waals surface area (Å²) in [5.74, 6) is 5.04. The molecule has 114 heavy (non-hydrogen) atoms. The van der Waals surface area contributed by atoms with Gasteiger partial charge < -0.3 is 55.3 Å². The summed E-state index contributed by atoms with van der Waals surface area (Å²) in [5.41, 5.74) is 5.15. The van der Waals surface area contributed by atoms with Gasteiger partial charge in [-0.25, -0.2) is 9.97 Å². The molecule has 8 bridgehead atoms. The molecule has 5 heterocycles. The van der Waals surface area contributed by atoms with Gasteiger partial charge in [0.2, 0.25) is 0 Å². The second-order valence-electron chi connectivity index (χ2n) is 33.3. The first-order chi connectivity index (χ1) is 55.5. The topological polar surface area (TPSA) is 128 Å². The molecule has 2 aliphatic rings. The van der Waals surface area contributed by atoms with Gasteiger partial charge >= 0.3 is 0 Å². The van der Waals surface area contributed by atoms with Gasteiger partial charge in [-0.1, -0.05) is 437 Å². The van der Waals surface area contributed by atoms with Crippen molar-refractivity contribution in [2.75, 3.05) is 52.9 Å². The number of ether oxygens (including phenoxy) is 8. The fourth-order valence-corrected chi connectivity index (χ4v) is 15.6. The van der Waals surface area contributed by atoms with Crippen LogP contribution in [0.25, 0.3) is 45.1 Å². The number of hydrogen-bond acceptors (Lipinski definition) is 10. The van der Waals surface area contributed by atoms with Crippen molar-refractivity contribution >= 4 is 45.1 Å². The van der Waals surface area contributed by atoms with E-state index in [1.54, 1.807) is 0 Å². The van der Waals surface area contributed by atoms with Gasteiger partial charge in [0.15, 0.2) is 23.0 Å². The minimum atomic E-state index is 0. The molecule has 0 fully saturated rings. The Morgan fingerprint density at radius 3 is 0.447 bits per heavy atom. The van der Waals surface area contributed by atoms with E-state index in [0.717, 1.165) is 103 Å². The summed E-state index contributed by atoms with van der Waals surface area (Å²) in [7, 11) is 0. The Morgan fingerprint density at radius 1 is 0.184 bits per heavy atom. The predicted molar refractivity (Wildman–Crippen MR) is 486 cm³/mol. The molecular formula is C101H175N4O8Pt-3. The van der Waals surface area contributed by atoms with E-state index in [2.05, 4.69) is 79.7 Å². The standard InChI is InChI=1S/C100H172N4O8.CH3.Pt/c1-9-17-25-33-41-49-57-65-73-105-93-85-81-87-95(107-75-67-59-51-43-35-27-19-11-3)97(109-77-69-61-53-45-37-29-21-13-5)89(102-87)83-91-99(111-79-71-63-55-47-39-31-23-15-7)100(112-80-72-64-56-48-40-32-24-16-8)92(104-91)84-90-98(110-78-70-62-54-46-38-30-22-14-6)96(108-76-68-60-52-44-36-28-20-12-4)88(103-90)82-86(101-85)94(93)106-74-66-58-50-42-34-26-18-10-2;;/h81-84H,9-80H2,1-8H3;1H3;/q-2;-1;. The fraction of sp³-hybridized carbons (Fsp3) is 0.792. The number of rotatable bonds is 80. The summed E-state index contributed by atoms with van der Waals surface area (Å²) in [6.45, 7) is 22.6. The van der Waals surface area contributed by atoms with Crippen molar-refractivity contribution in [3.8, 4) is 23.0 Å². The molecule has 660 valence electrons. The van der Waals surface area contributed by atoms with Crippen molar-refractivity contribution in [3.05, 3.63) is 54.5 Å². The SMILES string of the molecule is CCCCCCCCCCOC1=C(OCCCCCCCCCC)c2cc3[n-]c(cc4nc(cc5[n-]c(cc1n2)c(OCCCCCCCCCC)c5OCCCCCCCCCC)C(OCCCCCCCCCC)=C4OCCCCCCCCCC)c(OCCCCCCCCCC)c3OCCCCCCCCCC.[CH3-].[Pt]. The quantitative estimate of drug-likeness (QED) is 0.0394. The van der Waals surface area contributed by atoms with Crippen LogP contribution in [0.15, 0.2) is 24.3 Å². The van der Waals surface area contributed by atoms with E-state index in [4.69, 9.17) is 57.8 Å². The van der Waals surface area contributed by atoms with Crippen molar-refractivity contribution in [1.82, 2.24) is 19.9 Å². The molecule has 5 rings (SSSR count). The molecule has 0 aliphatic carbocycles. The van der Waals surface area contributed by atoms with Gasteiger partial charge in [0.05, 0.1) is 52.9 Å². The molecule has 13 heteroatoms. The molecule has 0 saturated carbocycles. The molecular weight excluding hydrogens is 1590 g/mol. The Labute approximate surface area is 716 Å². The molecule has 0 atom stereocenters. The van der Waals surface area contributed by atoms with Gasteiger partial charge in [-0.2, -0.15) is 0 Å². The van der Waals surface area contributed by atoms with Crippen LogP contribution in [0.5, 0.6) is 23.0 Å². The minimum absolute atomic E-state index is 0. The summed E-state index contributed by atoms with van der Waals surface area (Å²) in [4.78, 5) is 22.8. The van der Waals surface area contributed by atoms with Gasteiger partial charge in [-0.3, -0.25) is 0 Å². The average molecular weight is 1770 g/mol. The molecule has 0 spiro atoms. The van der Waals surface area contributed by atoms with E-state index in [1.165, 1.54) is 308 Å². The predicted octanol–water partition coefficient (Wildman–Crippen LogP) is 32.4. The van der Waals surface area contributed by atoms with Crippen LogP contribution in [-0.2, 0) is 40.0 Å². The van der Waals surface area contributed by atoms with Crippen LogP contribution in [0.1, 0.15) is 489 Å². The Balaban J connectivity index is 0.0000168. The van der Waals surface area contributed by atoms with Crippen LogP contribution in [0.4, 0.5) is 0 Å². The number of hydrogen-bond donors (Lipinski definition) is 0. The number of unbranched alkanes of at least 4 members (excludes halogenated alkanes) is 56. The molecule has 0 unspecified atom stereocenters. The molecule has 0 aromatic carbocycles. The summed E-state index contributed by atoms with van der Waals surface area (Å²) < 4.78 is 57.8. The van der Waals surface area contributed by atoms with Crippen LogP contribution in [0, 0.1) is 7.43 Å². The van der Waals surface area contributed by atoms with Crippen LogP contribution < -0.4 is 28.9 Å². The first-order valence-electron chi connectivity index (χ1n) is 48.7. The molecule has 0 radical (unpaired) electrons. The Kier molecular flexibility index (Phi) is 66.2. The molecule has 12 nitrogen and oxygen atoms in total. The Bertz CT molecular complexity index is 2610. The number of aromatic nitrogens is 4. The maximum absolute atomic E-state index is 7.23. The van der Waals surface area contributed by atoms with Gasteiger partial charge in [-0.05, 0) is 75.6 Å². The van der Waals surface area contributed by atoms with Gasteiger partial charge in [0, 0.05) is 21.1 Å². The van der Waals surface area contributed by atoms with Gasteiger partial charge in [0.1, 0.15) is 45.8 Å². The monoisotopic (exact) mass is 1770 g/mol. The zero-order chi connectivity index (χ0) is 79.5. The van der Waals surface area contributed by atoms with Crippen LogP contribution in [0.3, 0.4) is 0 Å². The van der Waals surface area contributed by atoms with E-state index in [0.29, 0.717) is 144 Å². The molecule has 0 amide bonds. The van der Waals surface area contributed by atoms with Crippen molar-refractivity contribution in [1.29, 1.82) is 0 Å². The smallest absolute Gasteiger partial charge is 0.189 e. The van der Waals surface area contributed by atoms with Crippen LogP contribution in [0.2, 0.25) is 0 Å². The van der Waals surface area contributed by atoms with E-state index < -0.39 is 0 Å². The molecule has 0 saturated heterocycles. The second-order valence-corrected chi connectivity index (χ2v) is 33.3. The largest absolute Gasteiger partial charge is 0.652 e. The fourth-order valence-electron chi connectivity index (χ4n) is 15.6. The third-order valence-electron chi connectivity index (χ3n) is 22.7. The summed E-state index contributed by atoms with van der Waals surface area (Å²) >= 11 is 0. The normalized spacial score (nSPS) is 12.1. The molecule has 3 aromatic rings. The summed E-state index contributed by atoms with van der Waals surface area (Å²) in [6, 6.07) is 8.38. The second kappa shape index (κ2) is 72.7. The molecule has 2 aliphatic heterocycles. The zero-order valence-corrected chi connectivity index (χ0v) is 77.9. The van der Waals surface area contributed by atoms with Crippen molar-refractivity contribution in [2.24, 2.45) is 0 Å². The van der Waals surface area contributed by atoms with E-state index >= 15 is 0 Å². The summed E-state index contributed by atoms with van der Waals surface area (Å²) in [5, 5.41) is 0. The number of nitrogens with zero attached hydrogens (tertiary/aromatic N) is 4. The van der Waals surface area contributed by atoms with Gasteiger partial charge in [0.25, 0.3) is 0 Å². The van der Waals surface area contributed by atoms with E-state index in [-0.39, 0.29) is 28.5 Å². The first kappa shape index (κ1) is 104. The Hall–Kier alpha value is -4.31. The summed E-state index contributed by atoms with van der Waals surface area (Å²) in [6.07, 6.45) is 76.9. The minimum Gasteiger partial charge on any atom is -0.652 e.